The third kappa shape index (κ3) is 3.50. The number of benzene rings is 1. The predicted octanol–water partition coefficient (Wildman–Crippen LogP) is 2.41. The Morgan fingerprint density at radius 2 is 2.21 bits per heavy atom. The summed E-state index contributed by atoms with van der Waals surface area (Å²) in [4.78, 5) is 14.5. The molecule has 0 heterocycles. The number of nitrogens with zero attached hydrogens (tertiary/aromatic N) is 1. The lowest BCUT2D eigenvalue weighted by Crippen LogP contribution is -2.36. The lowest BCUT2D eigenvalue weighted by Gasteiger charge is -2.22. The van der Waals surface area contributed by atoms with Crippen LogP contribution in [-0.2, 0) is 0 Å². The van der Waals surface area contributed by atoms with Crippen molar-refractivity contribution in [3.8, 4) is 0 Å². The maximum atomic E-state index is 13.8. The van der Waals surface area contributed by atoms with E-state index in [0.29, 0.717) is 18.0 Å². The summed E-state index contributed by atoms with van der Waals surface area (Å²) in [7, 11) is 0. The first-order valence-corrected chi connectivity index (χ1v) is 6.75. The Bertz CT molecular complexity index is 514. The van der Waals surface area contributed by atoms with E-state index in [-0.39, 0.29) is 17.5 Å². The van der Waals surface area contributed by atoms with Crippen molar-refractivity contribution < 1.29 is 9.18 Å². The van der Waals surface area contributed by atoms with Gasteiger partial charge < -0.3 is 10.6 Å². The van der Waals surface area contributed by atoms with Crippen LogP contribution < -0.4 is 5.73 Å². The summed E-state index contributed by atoms with van der Waals surface area (Å²) in [5.41, 5.74) is 6.48. The number of halogens is 1. The fourth-order valence-corrected chi connectivity index (χ4v) is 2.12. The maximum absolute atomic E-state index is 13.8. The van der Waals surface area contributed by atoms with Crippen LogP contribution in [0.1, 0.15) is 35.2 Å². The highest BCUT2D eigenvalue weighted by molar-refractivity contribution is 7.80. The van der Waals surface area contributed by atoms with Gasteiger partial charge in [0.25, 0.3) is 5.91 Å². The fourth-order valence-electron chi connectivity index (χ4n) is 2.02. The van der Waals surface area contributed by atoms with Crippen LogP contribution in [-0.4, -0.2) is 28.4 Å². The van der Waals surface area contributed by atoms with E-state index in [0.717, 1.165) is 18.4 Å². The van der Waals surface area contributed by atoms with E-state index >= 15 is 0 Å². The zero-order chi connectivity index (χ0) is 14.0. The number of hydrogen-bond acceptors (Lipinski definition) is 2. The van der Waals surface area contributed by atoms with Gasteiger partial charge in [0.05, 0.1) is 10.6 Å². The van der Waals surface area contributed by atoms with E-state index in [9.17, 15) is 9.18 Å². The Balaban J connectivity index is 2.18. The molecule has 1 aliphatic carbocycles. The zero-order valence-corrected chi connectivity index (χ0v) is 11.7. The first-order valence-electron chi connectivity index (χ1n) is 6.34. The van der Waals surface area contributed by atoms with Gasteiger partial charge in [-0.15, -0.1) is 0 Å². The number of aryl methyl sites for hydroxylation is 1. The van der Waals surface area contributed by atoms with Crippen molar-refractivity contribution in [1.29, 1.82) is 0 Å². The van der Waals surface area contributed by atoms with E-state index in [1.54, 1.807) is 17.0 Å². The van der Waals surface area contributed by atoms with Crippen molar-refractivity contribution in [1.82, 2.24) is 4.90 Å². The average Bonchev–Trinajstić information content (AvgIpc) is 3.16. The van der Waals surface area contributed by atoms with Crippen molar-refractivity contribution in [2.45, 2.75) is 32.2 Å². The van der Waals surface area contributed by atoms with Crippen molar-refractivity contribution in [3.05, 3.63) is 35.1 Å². The van der Waals surface area contributed by atoms with E-state index in [2.05, 4.69) is 0 Å². The third-order valence-electron chi connectivity index (χ3n) is 3.20. The molecule has 0 aromatic heterocycles. The molecule has 0 bridgehead atoms. The van der Waals surface area contributed by atoms with Crippen LogP contribution in [0.2, 0.25) is 0 Å². The molecule has 5 heteroatoms. The highest BCUT2D eigenvalue weighted by Crippen LogP contribution is 2.29. The molecule has 0 atom stereocenters. The Hall–Kier alpha value is -1.49. The molecule has 1 aliphatic rings. The molecule has 0 radical (unpaired) electrons. The first kappa shape index (κ1) is 13.9. The van der Waals surface area contributed by atoms with Crippen molar-refractivity contribution >= 4 is 23.1 Å². The summed E-state index contributed by atoms with van der Waals surface area (Å²) < 4.78 is 13.8. The molecule has 102 valence electrons. The summed E-state index contributed by atoms with van der Waals surface area (Å²) in [6.07, 6.45) is 2.41. The molecule has 1 aromatic carbocycles. The van der Waals surface area contributed by atoms with Crippen LogP contribution in [0.3, 0.4) is 0 Å². The van der Waals surface area contributed by atoms with Gasteiger partial charge in [-0.1, -0.05) is 23.8 Å². The number of nitrogens with two attached hydrogens (primary N) is 1. The van der Waals surface area contributed by atoms with E-state index < -0.39 is 5.82 Å². The van der Waals surface area contributed by atoms with Crippen LogP contribution in [0.15, 0.2) is 18.2 Å². The highest BCUT2D eigenvalue weighted by Gasteiger charge is 2.33. The fraction of sp³-hybridized carbons (Fsp3) is 0.429. The van der Waals surface area contributed by atoms with Gasteiger partial charge in [-0.2, -0.15) is 0 Å². The minimum Gasteiger partial charge on any atom is -0.393 e. The van der Waals surface area contributed by atoms with Gasteiger partial charge in [-0.25, -0.2) is 4.39 Å². The highest BCUT2D eigenvalue weighted by atomic mass is 32.1. The van der Waals surface area contributed by atoms with Gasteiger partial charge in [0.15, 0.2) is 0 Å². The number of thiocarbonyl (C=S) groups is 1. The zero-order valence-electron chi connectivity index (χ0n) is 10.9. The van der Waals surface area contributed by atoms with Gasteiger partial charge in [-0.05, 0) is 31.9 Å². The summed E-state index contributed by atoms with van der Waals surface area (Å²) in [5, 5.41) is 0. The normalized spacial score (nSPS) is 14.2. The van der Waals surface area contributed by atoms with Crippen LogP contribution in [0.4, 0.5) is 4.39 Å². The molecule has 0 unspecified atom stereocenters. The molecule has 0 aliphatic heterocycles. The smallest absolute Gasteiger partial charge is 0.257 e. The molecule has 2 rings (SSSR count). The maximum Gasteiger partial charge on any atom is 0.257 e. The summed E-state index contributed by atoms with van der Waals surface area (Å²) in [5.74, 6) is -0.739. The quantitative estimate of drug-likeness (QED) is 0.843. The minimum absolute atomic E-state index is 0.134. The molecular formula is C14H17FN2OS. The average molecular weight is 280 g/mol. The number of amides is 1. The van der Waals surface area contributed by atoms with Crippen LogP contribution in [0.5, 0.6) is 0 Å². The number of rotatable bonds is 5. The van der Waals surface area contributed by atoms with Gasteiger partial charge in [0, 0.05) is 19.0 Å². The van der Waals surface area contributed by atoms with Gasteiger partial charge in [-0.3, -0.25) is 4.79 Å². The number of carbonyl (C=O) groups excluding carboxylic acids is 1. The Morgan fingerprint density at radius 1 is 1.53 bits per heavy atom. The van der Waals surface area contributed by atoms with Gasteiger partial charge in [0.1, 0.15) is 5.82 Å². The molecule has 2 N–H and O–H groups in total. The molecule has 0 saturated heterocycles. The summed E-state index contributed by atoms with van der Waals surface area (Å²) in [6.45, 7) is 2.30. The first-order chi connectivity index (χ1) is 8.99. The largest absolute Gasteiger partial charge is 0.393 e. The minimum atomic E-state index is -0.475. The van der Waals surface area contributed by atoms with Gasteiger partial charge >= 0.3 is 0 Å². The SMILES string of the molecule is Cc1ccc(F)c(C(=O)N(CCC(N)=S)C2CC2)c1. The monoisotopic (exact) mass is 280 g/mol. The Labute approximate surface area is 117 Å². The lowest BCUT2D eigenvalue weighted by atomic mass is 10.1. The molecule has 3 nitrogen and oxygen atoms in total. The molecule has 19 heavy (non-hydrogen) atoms. The predicted molar refractivity (Wildman–Crippen MR) is 76.6 cm³/mol. The van der Waals surface area contributed by atoms with E-state index in [4.69, 9.17) is 18.0 Å². The lowest BCUT2D eigenvalue weighted by molar-refractivity contribution is 0.0743. The van der Waals surface area contributed by atoms with Crippen LogP contribution in [0, 0.1) is 12.7 Å². The Morgan fingerprint density at radius 3 is 2.79 bits per heavy atom. The van der Waals surface area contributed by atoms with Crippen LogP contribution in [0.25, 0.3) is 0 Å². The summed E-state index contributed by atoms with van der Waals surface area (Å²) >= 11 is 4.84. The topological polar surface area (TPSA) is 46.3 Å². The molecule has 1 amide bonds. The Kier molecular flexibility index (Phi) is 4.14. The number of hydrogen-bond donors (Lipinski definition) is 1. The van der Waals surface area contributed by atoms with Gasteiger partial charge in [0.2, 0.25) is 0 Å². The van der Waals surface area contributed by atoms with E-state index in [1.807, 2.05) is 6.92 Å². The molecular weight excluding hydrogens is 263 g/mol. The van der Waals surface area contributed by atoms with Crippen molar-refractivity contribution in [3.63, 3.8) is 0 Å². The van der Waals surface area contributed by atoms with E-state index in [1.165, 1.54) is 6.07 Å². The molecule has 0 spiro atoms. The molecule has 1 fully saturated rings. The molecule has 1 saturated carbocycles. The second-order valence-corrected chi connectivity index (χ2v) is 5.45. The third-order valence-corrected chi connectivity index (χ3v) is 3.40. The second-order valence-electron chi connectivity index (χ2n) is 4.93. The van der Waals surface area contributed by atoms with Crippen molar-refractivity contribution in [2.24, 2.45) is 5.73 Å². The molecule has 1 aromatic rings. The number of carbonyl (C=O) groups is 1. The standard InChI is InChI=1S/C14H17FN2OS/c1-9-2-5-12(15)11(8-9)14(18)17(10-3-4-10)7-6-13(16)19/h2,5,8,10H,3-4,6-7H2,1H3,(H2,16,19). The summed E-state index contributed by atoms with van der Waals surface area (Å²) in [6, 6.07) is 4.79. The van der Waals surface area contributed by atoms with Crippen molar-refractivity contribution in [2.75, 3.05) is 6.54 Å². The van der Waals surface area contributed by atoms with Crippen LogP contribution >= 0.6 is 12.2 Å². The second kappa shape index (κ2) is 5.65.